The fourth-order valence-corrected chi connectivity index (χ4v) is 4.99. The highest BCUT2D eigenvalue weighted by Crippen LogP contribution is 2.30. The summed E-state index contributed by atoms with van der Waals surface area (Å²) in [6, 6.07) is 10.4. The lowest BCUT2D eigenvalue weighted by Gasteiger charge is -2.31. The van der Waals surface area contributed by atoms with Gasteiger partial charge in [0.1, 0.15) is 4.32 Å². The molecule has 1 aromatic heterocycles. The molecule has 34 heavy (non-hydrogen) atoms. The van der Waals surface area contributed by atoms with Gasteiger partial charge in [-0.2, -0.15) is 15.0 Å². The maximum absolute atomic E-state index is 6.16. The van der Waals surface area contributed by atoms with E-state index >= 15 is 0 Å². The van der Waals surface area contributed by atoms with Gasteiger partial charge < -0.3 is 15.5 Å². The van der Waals surface area contributed by atoms with Gasteiger partial charge in [0.05, 0.1) is 20.1 Å². The number of rotatable bonds is 5. The smallest absolute Gasteiger partial charge is 0.233 e. The lowest BCUT2D eigenvalue weighted by atomic mass is 10.00. The molecular weight excluding hydrogens is 554 g/mol. The van der Waals surface area contributed by atoms with Crippen LogP contribution in [-0.2, 0) is 0 Å². The van der Waals surface area contributed by atoms with Crippen LogP contribution in [0.5, 0.6) is 0 Å². The molecule has 0 saturated carbocycles. The molecule has 178 valence electrons. The molecule has 2 aromatic carbocycles. The predicted molar refractivity (Wildman–Crippen MR) is 148 cm³/mol. The van der Waals surface area contributed by atoms with Crippen molar-refractivity contribution in [1.29, 1.82) is 0 Å². The quantitative estimate of drug-likeness (QED) is 0.234. The Morgan fingerprint density at radius 1 is 0.853 bits per heavy atom. The second kappa shape index (κ2) is 11.5. The average Bonchev–Trinajstić information content (AvgIpc) is 2.79. The first kappa shape index (κ1) is 25.5. The fraction of sp³-hybridized carbons (Fsp3) is 0.273. The number of halogens is 4. The summed E-state index contributed by atoms with van der Waals surface area (Å²) in [5, 5.41) is 8.54. The molecule has 0 unspecified atom stereocenters. The van der Waals surface area contributed by atoms with Crippen LogP contribution < -0.4 is 10.6 Å². The highest BCUT2D eigenvalue weighted by Gasteiger charge is 2.20. The number of thioether (sulfide) groups is 1. The molecular formula is C22H20Cl4N6S2. The monoisotopic (exact) mass is 572 g/mol. The molecule has 1 fully saturated rings. The Hall–Kier alpha value is -1.55. The Morgan fingerprint density at radius 3 is 1.82 bits per heavy atom. The van der Waals surface area contributed by atoms with Crippen molar-refractivity contribution in [3.05, 3.63) is 56.5 Å². The maximum atomic E-state index is 6.16. The molecule has 0 spiro atoms. The Balaban J connectivity index is 1.60. The first-order chi connectivity index (χ1) is 16.3. The van der Waals surface area contributed by atoms with Gasteiger partial charge in [-0.15, -0.1) is 0 Å². The molecule has 0 aliphatic carbocycles. The van der Waals surface area contributed by atoms with Gasteiger partial charge in [-0.05, 0) is 66.9 Å². The van der Waals surface area contributed by atoms with Crippen molar-refractivity contribution in [1.82, 2.24) is 19.9 Å². The molecule has 1 aliphatic rings. The average molecular weight is 574 g/mol. The van der Waals surface area contributed by atoms with Crippen LogP contribution in [0.4, 0.5) is 23.3 Å². The van der Waals surface area contributed by atoms with Crippen molar-refractivity contribution >= 4 is 98.0 Å². The van der Waals surface area contributed by atoms with Crippen LogP contribution in [0.15, 0.2) is 41.6 Å². The van der Waals surface area contributed by atoms with Crippen LogP contribution in [0.3, 0.4) is 0 Å². The normalized spacial score (nSPS) is 14.2. The summed E-state index contributed by atoms with van der Waals surface area (Å²) in [4.78, 5) is 15.8. The molecule has 0 bridgehead atoms. The van der Waals surface area contributed by atoms with Crippen molar-refractivity contribution in [2.24, 2.45) is 5.92 Å². The molecule has 3 aromatic rings. The van der Waals surface area contributed by atoms with Gasteiger partial charge >= 0.3 is 0 Å². The van der Waals surface area contributed by atoms with E-state index in [1.807, 2.05) is 0 Å². The first-order valence-electron chi connectivity index (χ1n) is 10.4. The zero-order valence-corrected chi connectivity index (χ0v) is 22.6. The highest BCUT2D eigenvalue weighted by molar-refractivity contribution is 8.22. The number of nitrogens with zero attached hydrogens (tertiary/aromatic N) is 4. The van der Waals surface area contributed by atoms with Crippen LogP contribution in [-0.4, -0.2) is 37.3 Å². The summed E-state index contributed by atoms with van der Waals surface area (Å²) >= 11 is 31.4. The van der Waals surface area contributed by atoms with Crippen LogP contribution in [0, 0.1) is 5.92 Å². The summed E-state index contributed by atoms with van der Waals surface area (Å²) in [5.41, 5.74) is 1.37. The Labute approximate surface area is 227 Å². The minimum Gasteiger partial charge on any atom is -0.357 e. The number of thiocarbonyl (C=S) groups is 1. The second-order valence-electron chi connectivity index (χ2n) is 7.81. The zero-order chi connectivity index (χ0) is 24.2. The third kappa shape index (κ3) is 6.77. The van der Waals surface area contributed by atoms with Gasteiger partial charge in [0, 0.05) is 24.5 Å². The minimum absolute atomic E-state index is 0.327. The fourth-order valence-electron chi connectivity index (χ4n) is 3.25. The van der Waals surface area contributed by atoms with Gasteiger partial charge in [0.2, 0.25) is 17.1 Å². The van der Waals surface area contributed by atoms with Gasteiger partial charge in [-0.1, -0.05) is 65.5 Å². The van der Waals surface area contributed by atoms with Crippen molar-refractivity contribution in [2.45, 2.75) is 24.9 Å². The second-order valence-corrected chi connectivity index (χ2v) is 11.0. The summed E-state index contributed by atoms with van der Waals surface area (Å²) in [5.74, 6) is 1.37. The number of nitrogens with one attached hydrogen (secondary N) is 2. The number of piperidine rings is 1. The SMILES string of the molecule is CC1CCN(C(=S)Sc2nc(Nc3ccc(Cl)c(Cl)c3)nc(Nc3ccc(Cl)c(Cl)c3)n2)CC1. The third-order valence-corrected chi connectivity index (χ3v) is 7.97. The minimum atomic E-state index is 0.327. The first-order valence-corrected chi connectivity index (χ1v) is 13.2. The molecule has 0 radical (unpaired) electrons. The summed E-state index contributed by atoms with van der Waals surface area (Å²) in [6.07, 6.45) is 2.23. The Kier molecular flexibility index (Phi) is 8.61. The van der Waals surface area contributed by atoms with Crippen LogP contribution >= 0.6 is 70.4 Å². The molecule has 1 aliphatic heterocycles. The Bertz CT molecular complexity index is 1130. The van der Waals surface area contributed by atoms with Crippen LogP contribution in [0.2, 0.25) is 20.1 Å². The van der Waals surface area contributed by atoms with E-state index in [-0.39, 0.29) is 0 Å². The van der Waals surface area contributed by atoms with Gasteiger partial charge in [0.25, 0.3) is 0 Å². The van der Waals surface area contributed by atoms with Crippen molar-refractivity contribution in [3.8, 4) is 0 Å². The molecule has 0 atom stereocenters. The molecule has 2 N–H and O–H groups in total. The van der Waals surface area contributed by atoms with Crippen molar-refractivity contribution in [3.63, 3.8) is 0 Å². The van der Waals surface area contributed by atoms with E-state index in [0.717, 1.165) is 30.3 Å². The number of aromatic nitrogens is 3. The number of hydrogen-bond acceptors (Lipinski definition) is 7. The number of hydrogen-bond donors (Lipinski definition) is 2. The van der Waals surface area contributed by atoms with E-state index in [0.29, 0.717) is 54.4 Å². The van der Waals surface area contributed by atoms with E-state index in [9.17, 15) is 0 Å². The van der Waals surface area contributed by atoms with E-state index in [1.54, 1.807) is 36.4 Å². The maximum Gasteiger partial charge on any atom is 0.233 e. The topological polar surface area (TPSA) is 66.0 Å². The number of likely N-dealkylation sites (tertiary alicyclic amines) is 1. The Morgan fingerprint density at radius 2 is 1.35 bits per heavy atom. The van der Waals surface area contributed by atoms with Gasteiger partial charge in [-0.25, -0.2) is 0 Å². The molecule has 0 amide bonds. The largest absolute Gasteiger partial charge is 0.357 e. The number of anilines is 4. The van der Waals surface area contributed by atoms with Gasteiger partial charge in [0.15, 0.2) is 0 Å². The van der Waals surface area contributed by atoms with Crippen molar-refractivity contribution < 1.29 is 0 Å². The molecule has 1 saturated heterocycles. The third-order valence-electron chi connectivity index (χ3n) is 5.19. The lowest BCUT2D eigenvalue weighted by molar-refractivity contribution is 0.287. The zero-order valence-electron chi connectivity index (χ0n) is 18.0. The van der Waals surface area contributed by atoms with Crippen LogP contribution in [0.25, 0.3) is 0 Å². The molecule has 2 heterocycles. The van der Waals surface area contributed by atoms with E-state index in [1.165, 1.54) is 11.8 Å². The highest BCUT2D eigenvalue weighted by atomic mass is 35.5. The van der Waals surface area contributed by atoms with Gasteiger partial charge in [-0.3, -0.25) is 0 Å². The van der Waals surface area contributed by atoms with E-state index < -0.39 is 0 Å². The summed E-state index contributed by atoms with van der Waals surface area (Å²) < 4.78 is 0.735. The molecule has 12 heteroatoms. The summed E-state index contributed by atoms with van der Waals surface area (Å²) in [7, 11) is 0. The standard InChI is InChI=1S/C22H20Cl4N6S2/c1-12-6-8-32(9-7-12)22(33)34-21-30-19(27-13-2-4-15(23)17(25)10-13)29-20(31-21)28-14-3-5-16(24)18(26)11-14/h2-5,10-12H,6-9H2,1H3,(H2,27,28,29,30,31). The lowest BCUT2D eigenvalue weighted by Crippen LogP contribution is -2.35. The number of benzene rings is 2. The predicted octanol–water partition coefficient (Wildman–Crippen LogP) is 8.08. The molecule has 6 nitrogen and oxygen atoms in total. The van der Waals surface area contributed by atoms with E-state index in [2.05, 4.69) is 37.4 Å². The van der Waals surface area contributed by atoms with Crippen molar-refractivity contribution in [2.75, 3.05) is 23.7 Å². The van der Waals surface area contributed by atoms with Crippen LogP contribution in [0.1, 0.15) is 19.8 Å². The van der Waals surface area contributed by atoms with E-state index in [4.69, 9.17) is 58.6 Å². The molecule has 4 rings (SSSR count). The summed E-state index contributed by atoms with van der Waals surface area (Å²) in [6.45, 7) is 4.13.